The van der Waals surface area contributed by atoms with Crippen LogP contribution in [-0.2, 0) is 0 Å². The fraction of sp³-hybridized carbons (Fsp3) is 0.467. The van der Waals surface area contributed by atoms with E-state index in [9.17, 15) is 9.59 Å². The first-order valence-corrected chi connectivity index (χ1v) is 7.50. The summed E-state index contributed by atoms with van der Waals surface area (Å²) in [5.41, 5.74) is 0.466. The zero-order valence-corrected chi connectivity index (χ0v) is 12.7. The summed E-state index contributed by atoms with van der Waals surface area (Å²) in [4.78, 5) is 25.2. The largest absolute Gasteiger partial charge is 0.478 e. The lowest BCUT2D eigenvalue weighted by molar-refractivity contribution is 0.0697. The number of carbonyl (C=O) groups excluding carboxylic acids is 1. The third-order valence-corrected chi connectivity index (χ3v) is 3.97. The second kappa shape index (κ2) is 6.80. The third kappa shape index (κ3) is 3.88. The Morgan fingerprint density at radius 2 is 2.14 bits per heavy atom. The van der Waals surface area contributed by atoms with Crippen LogP contribution in [-0.4, -0.2) is 34.6 Å². The second-order valence-corrected chi connectivity index (χ2v) is 5.65. The van der Waals surface area contributed by atoms with Crippen LogP contribution in [0.5, 0.6) is 0 Å². The van der Waals surface area contributed by atoms with Gasteiger partial charge in [0.05, 0.1) is 5.56 Å². The second-order valence-electron chi connectivity index (χ2n) is 5.22. The standard InChI is InChI=1S/C15H19ClN2O3/c1-2-13-5-3-4-6-18(13)15(21)17-12-8-10(14(19)20)7-11(16)9-12/h7-9,13H,2-6H2,1H3,(H,17,21)(H,19,20). The number of rotatable bonds is 3. The van der Waals surface area contributed by atoms with Gasteiger partial charge >= 0.3 is 12.0 Å². The van der Waals surface area contributed by atoms with E-state index in [2.05, 4.69) is 12.2 Å². The van der Waals surface area contributed by atoms with Crippen LogP contribution in [0.15, 0.2) is 18.2 Å². The normalized spacial score (nSPS) is 18.4. The highest BCUT2D eigenvalue weighted by atomic mass is 35.5. The smallest absolute Gasteiger partial charge is 0.335 e. The van der Waals surface area contributed by atoms with Gasteiger partial charge in [-0.25, -0.2) is 9.59 Å². The van der Waals surface area contributed by atoms with Crippen molar-refractivity contribution in [2.45, 2.75) is 38.6 Å². The van der Waals surface area contributed by atoms with E-state index in [1.165, 1.54) is 12.1 Å². The molecule has 1 heterocycles. The van der Waals surface area contributed by atoms with Gasteiger partial charge in [0, 0.05) is 23.3 Å². The molecule has 1 unspecified atom stereocenters. The molecule has 114 valence electrons. The van der Waals surface area contributed by atoms with Crippen molar-refractivity contribution in [2.24, 2.45) is 0 Å². The van der Waals surface area contributed by atoms with Crippen molar-refractivity contribution in [1.82, 2.24) is 4.90 Å². The van der Waals surface area contributed by atoms with Gasteiger partial charge < -0.3 is 15.3 Å². The van der Waals surface area contributed by atoms with Crippen LogP contribution in [0.2, 0.25) is 5.02 Å². The molecule has 0 saturated carbocycles. The van der Waals surface area contributed by atoms with Crippen molar-refractivity contribution in [2.75, 3.05) is 11.9 Å². The number of piperidine rings is 1. The molecule has 0 bridgehead atoms. The van der Waals surface area contributed by atoms with Gasteiger partial charge in [0.1, 0.15) is 0 Å². The van der Waals surface area contributed by atoms with Gasteiger partial charge in [0.2, 0.25) is 0 Å². The average molecular weight is 311 g/mol. The first-order valence-electron chi connectivity index (χ1n) is 7.12. The number of amides is 2. The van der Waals surface area contributed by atoms with Crippen LogP contribution in [0, 0.1) is 0 Å². The van der Waals surface area contributed by atoms with Crippen LogP contribution < -0.4 is 5.32 Å². The predicted molar refractivity (Wildman–Crippen MR) is 82.1 cm³/mol. The Hall–Kier alpha value is -1.75. The molecule has 1 aliphatic rings. The molecule has 0 spiro atoms. The fourth-order valence-corrected chi connectivity index (χ4v) is 2.91. The molecule has 2 amide bonds. The fourth-order valence-electron chi connectivity index (χ4n) is 2.67. The summed E-state index contributed by atoms with van der Waals surface area (Å²) in [5.74, 6) is -1.07. The minimum absolute atomic E-state index is 0.0588. The summed E-state index contributed by atoms with van der Waals surface area (Å²) in [6.45, 7) is 2.80. The predicted octanol–water partition coefficient (Wildman–Crippen LogP) is 3.83. The van der Waals surface area contributed by atoms with Gasteiger partial charge in [-0.05, 0) is 43.9 Å². The molecule has 6 heteroatoms. The number of halogens is 1. The number of urea groups is 1. The van der Waals surface area contributed by atoms with E-state index in [1.807, 2.05) is 4.90 Å². The Morgan fingerprint density at radius 3 is 2.81 bits per heavy atom. The number of carbonyl (C=O) groups is 2. The van der Waals surface area contributed by atoms with Crippen molar-refractivity contribution >= 4 is 29.3 Å². The zero-order valence-electron chi connectivity index (χ0n) is 11.9. The Morgan fingerprint density at radius 1 is 1.38 bits per heavy atom. The number of hydrogen-bond acceptors (Lipinski definition) is 2. The summed E-state index contributed by atoms with van der Waals surface area (Å²) in [7, 11) is 0. The van der Waals surface area contributed by atoms with Crippen molar-refractivity contribution in [3.05, 3.63) is 28.8 Å². The number of benzene rings is 1. The maximum absolute atomic E-state index is 12.4. The summed E-state index contributed by atoms with van der Waals surface area (Å²) in [6, 6.07) is 4.38. The molecule has 0 aromatic heterocycles. The van der Waals surface area contributed by atoms with E-state index >= 15 is 0 Å². The number of anilines is 1. The number of hydrogen-bond donors (Lipinski definition) is 2. The molecule has 2 N–H and O–H groups in total. The Balaban J connectivity index is 2.13. The van der Waals surface area contributed by atoms with E-state index in [-0.39, 0.29) is 22.7 Å². The number of likely N-dealkylation sites (tertiary alicyclic amines) is 1. The van der Waals surface area contributed by atoms with Crippen molar-refractivity contribution in [3.63, 3.8) is 0 Å². The Labute approximate surface area is 128 Å². The first-order chi connectivity index (χ1) is 10.0. The van der Waals surface area contributed by atoms with Crippen molar-refractivity contribution in [3.8, 4) is 0 Å². The lowest BCUT2D eigenvalue weighted by Crippen LogP contribution is -2.45. The minimum atomic E-state index is -1.07. The molecule has 0 aliphatic carbocycles. The topological polar surface area (TPSA) is 69.6 Å². The zero-order chi connectivity index (χ0) is 15.4. The highest BCUT2D eigenvalue weighted by Crippen LogP contribution is 2.23. The Kier molecular flexibility index (Phi) is 5.07. The van der Waals surface area contributed by atoms with E-state index in [0.717, 1.165) is 32.2 Å². The molecule has 1 fully saturated rings. The van der Waals surface area contributed by atoms with Crippen LogP contribution in [0.25, 0.3) is 0 Å². The van der Waals surface area contributed by atoms with E-state index in [0.29, 0.717) is 5.69 Å². The molecule has 21 heavy (non-hydrogen) atoms. The lowest BCUT2D eigenvalue weighted by Gasteiger charge is -2.35. The van der Waals surface area contributed by atoms with Crippen LogP contribution in [0.1, 0.15) is 43.0 Å². The third-order valence-electron chi connectivity index (χ3n) is 3.76. The van der Waals surface area contributed by atoms with Gasteiger partial charge in [0.25, 0.3) is 0 Å². The van der Waals surface area contributed by atoms with Crippen molar-refractivity contribution in [1.29, 1.82) is 0 Å². The van der Waals surface area contributed by atoms with Gasteiger partial charge in [-0.3, -0.25) is 0 Å². The maximum Gasteiger partial charge on any atom is 0.335 e. The van der Waals surface area contributed by atoms with Crippen molar-refractivity contribution < 1.29 is 14.7 Å². The number of aromatic carboxylic acids is 1. The SMILES string of the molecule is CCC1CCCCN1C(=O)Nc1cc(Cl)cc(C(=O)O)c1. The minimum Gasteiger partial charge on any atom is -0.478 e. The van der Waals surface area contributed by atoms with E-state index in [1.54, 1.807) is 6.07 Å². The highest BCUT2D eigenvalue weighted by molar-refractivity contribution is 6.31. The lowest BCUT2D eigenvalue weighted by atomic mass is 10.0. The maximum atomic E-state index is 12.4. The molecule has 1 aromatic carbocycles. The Bertz CT molecular complexity index is 548. The first kappa shape index (κ1) is 15.6. The van der Waals surface area contributed by atoms with Gasteiger partial charge in [-0.2, -0.15) is 0 Å². The molecule has 1 aromatic rings. The molecule has 0 radical (unpaired) electrons. The number of nitrogens with one attached hydrogen (secondary N) is 1. The molecule has 5 nitrogen and oxygen atoms in total. The molecule has 1 saturated heterocycles. The average Bonchev–Trinajstić information content (AvgIpc) is 2.46. The monoisotopic (exact) mass is 310 g/mol. The molecule has 1 aliphatic heterocycles. The number of carboxylic acids is 1. The summed E-state index contributed by atoms with van der Waals surface area (Å²) in [5, 5.41) is 12.1. The molecule has 2 rings (SSSR count). The molecule has 1 atom stereocenters. The number of carboxylic acid groups (broad SMARTS) is 1. The molecular formula is C15H19ClN2O3. The summed E-state index contributed by atoms with van der Waals surface area (Å²) >= 11 is 5.89. The summed E-state index contributed by atoms with van der Waals surface area (Å²) < 4.78 is 0. The van der Waals surface area contributed by atoms with E-state index < -0.39 is 5.97 Å². The summed E-state index contributed by atoms with van der Waals surface area (Å²) in [6.07, 6.45) is 4.08. The van der Waals surface area contributed by atoms with Gasteiger partial charge in [-0.1, -0.05) is 18.5 Å². The van der Waals surface area contributed by atoms with Crippen LogP contribution >= 0.6 is 11.6 Å². The van der Waals surface area contributed by atoms with Gasteiger partial charge in [0.15, 0.2) is 0 Å². The molecular weight excluding hydrogens is 292 g/mol. The van der Waals surface area contributed by atoms with Crippen LogP contribution in [0.4, 0.5) is 10.5 Å². The number of nitrogens with zero attached hydrogens (tertiary/aromatic N) is 1. The quantitative estimate of drug-likeness (QED) is 0.891. The van der Waals surface area contributed by atoms with Gasteiger partial charge in [-0.15, -0.1) is 0 Å². The van der Waals surface area contributed by atoms with Crippen LogP contribution in [0.3, 0.4) is 0 Å². The van der Waals surface area contributed by atoms with E-state index in [4.69, 9.17) is 16.7 Å². The highest BCUT2D eigenvalue weighted by Gasteiger charge is 2.25.